The lowest BCUT2D eigenvalue weighted by Gasteiger charge is -2.26. The number of guanidine groups is 1. The Bertz CT molecular complexity index is 1350. The molecule has 45 heavy (non-hydrogen) atoms. The summed E-state index contributed by atoms with van der Waals surface area (Å²) in [4.78, 5) is 76.4. The molecule has 0 aliphatic carbocycles. The molecule has 0 spiro atoms. The molecule has 1 aliphatic heterocycles. The molecular weight excluding hydrogens is 634 g/mol. The molecule has 10 N–H and O–H groups in total. The highest BCUT2D eigenvalue weighted by atomic mass is 35.5. The minimum absolute atomic E-state index is 0.0833. The lowest BCUT2D eigenvalue weighted by atomic mass is 9.95. The number of nitrogens with two attached hydrogens (primary N) is 1. The van der Waals surface area contributed by atoms with Crippen molar-refractivity contribution in [2.24, 2.45) is 16.1 Å². The predicted molar refractivity (Wildman–Crippen MR) is 165 cm³/mol. The maximum atomic E-state index is 13.1. The summed E-state index contributed by atoms with van der Waals surface area (Å²) in [6.07, 6.45) is -0.518. The number of carbonyl (C=O) groups excluding carboxylic acids is 4. The fourth-order valence-electron chi connectivity index (χ4n) is 3.65. The van der Waals surface area contributed by atoms with Gasteiger partial charge in [0.05, 0.1) is 10.6 Å². The molecule has 0 saturated carbocycles. The predicted octanol–water partition coefficient (Wildman–Crippen LogP) is -0.663. The third-order valence-corrected chi connectivity index (χ3v) is 7.96. The molecule has 1 aromatic rings. The number of nitrogens with zero attached hydrogens (tertiary/aromatic N) is 1. The normalized spacial score (nSPS) is 18.9. The molecule has 2 rings (SSSR count). The lowest BCUT2D eigenvalue weighted by Crippen LogP contribution is -2.52. The second kappa shape index (κ2) is 15.9. The number of aliphatic hydroxyl groups is 1. The molecule has 0 aromatic heterocycles. The van der Waals surface area contributed by atoms with Crippen molar-refractivity contribution in [3.05, 3.63) is 34.3 Å². The monoisotopic (exact) mass is 671 g/mol. The molecule has 4 atom stereocenters. The van der Waals surface area contributed by atoms with Crippen molar-refractivity contribution in [3.8, 4) is 0 Å². The highest BCUT2D eigenvalue weighted by molar-refractivity contribution is 8.00. The van der Waals surface area contributed by atoms with Crippen molar-refractivity contribution in [3.63, 3.8) is 0 Å². The first-order valence-corrected chi connectivity index (χ1v) is 15.1. The minimum Gasteiger partial charge on any atom is -0.480 e. The molecule has 248 valence electrons. The van der Waals surface area contributed by atoms with E-state index in [4.69, 9.17) is 27.5 Å². The SMILES string of the molecule is CC(C)(C)C(=O)NCc1ccc(Cl)c(C(=O)NC2=NC(SC[C@H](NC(=O)CC[C@H](N)C(=O)O)C(=O)NCC(=O)O)C(C)(O)N2)c1. The Morgan fingerprint density at radius 1 is 1.16 bits per heavy atom. The first-order chi connectivity index (χ1) is 20.8. The number of aliphatic imine (C=N–C) groups is 1. The van der Waals surface area contributed by atoms with Crippen molar-refractivity contribution in [1.82, 2.24) is 26.6 Å². The Morgan fingerprint density at radius 2 is 1.82 bits per heavy atom. The fraction of sp³-hybridized carbons (Fsp3) is 0.519. The Balaban J connectivity index is 2.11. The molecule has 4 amide bonds. The summed E-state index contributed by atoms with van der Waals surface area (Å²) >= 11 is 7.16. The largest absolute Gasteiger partial charge is 0.480 e. The fourth-order valence-corrected chi connectivity index (χ4v) is 5.03. The van der Waals surface area contributed by atoms with Gasteiger partial charge in [0.15, 0.2) is 5.72 Å². The molecule has 1 aliphatic rings. The van der Waals surface area contributed by atoms with Crippen LogP contribution in [0.3, 0.4) is 0 Å². The van der Waals surface area contributed by atoms with Gasteiger partial charge in [-0.3, -0.25) is 34.1 Å². The van der Waals surface area contributed by atoms with Crippen LogP contribution in [0.25, 0.3) is 0 Å². The zero-order chi connectivity index (χ0) is 34.1. The average Bonchev–Trinajstić information content (AvgIpc) is 3.23. The number of thioether (sulfide) groups is 1. The topological polar surface area (TPSA) is 262 Å². The second-order valence-electron chi connectivity index (χ2n) is 11.4. The van der Waals surface area contributed by atoms with Gasteiger partial charge in [-0.25, -0.2) is 4.99 Å². The highest BCUT2D eigenvalue weighted by Gasteiger charge is 2.40. The van der Waals surface area contributed by atoms with E-state index in [0.29, 0.717) is 5.56 Å². The number of halogens is 1. The van der Waals surface area contributed by atoms with Crippen molar-refractivity contribution in [2.75, 3.05) is 12.3 Å². The van der Waals surface area contributed by atoms with E-state index in [1.807, 2.05) is 0 Å². The van der Waals surface area contributed by atoms with Gasteiger partial charge >= 0.3 is 11.9 Å². The molecule has 1 aromatic carbocycles. The van der Waals surface area contributed by atoms with Crippen LogP contribution in [0.5, 0.6) is 0 Å². The van der Waals surface area contributed by atoms with E-state index < -0.39 is 64.8 Å². The van der Waals surface area contributed by atoms with Crippen LogP contribution in [-0.4, -0.2) is 92.3 Å². The summed E-state index contributed by atoms with van der Waals surface area (Å²) in [7, 11) is 0. The zero-order valence-corrected chi connectivity index (χ0v) is 26.7. The Morgan fingerprint density at radius 3 is 2.42 bits per heavy atom. The minimum atomic E-state index is -1.73. The summed E-state index contributed by atoms with van der Waals surface area (Å²) in [5, 5.41) is 40.4. The number of rotatable bonds is 14. The van der Waals surface area contributed by atoms with Gasteiger partial charge in [0.25, 0.3) is 5.91 Å². The highest BCUT2D eigenvalue weighted by Crippen LogP contribution is 2.28. The van der Waals surface area contributed by atoms with E-state index >= 15 is 0 Å². The van der Waals surface area contributed by atoms with Crippen LogP contribution in [0.15, 0.2) is 23.2 Å². The van der Waals surface area contributed by atoms with E-state index in [1.54, 1.807) is 26.8 Å². The van der Waals surface area contributed by atoms with Crippen LogP contribution in [0.2, 0.25) is 5.02 Å². The first kappa shape index (κ1) is 37.3. The summed E-state index contributed by atoms with van der Waals surface area (Å²) < 4.78 is 0. The number of carbonyl (C=O) groups is 6. The van der Waals surface area contributed by atoms with E-state index in [2.05, 4.69) is 31.6 Å². The third kappa shape index (κ3) is 11.8. The van der Waals surface area contributed by atoms with E-state index in [-0.39, 0.29) is 47.6 Å². The van der Waals surface area contributed by atoms with Crippen molar-refractivity contribution >= 4 is 64.9 Å². The van der Waals surface area contributed by atoms with E-state index in [1.165, 1.54) is 19.1 Å². The maximum absolute atomic E-state index is 13.1. The molecule has 0 radical (unpaired) electrons. The Kier molecular flexibility index (Phi) is 13.1. The molecule has 2 unspecified atom stereocenters. The quantitative estimate of drug-likeness (QED) is 0.119. The number of amides is 4. The third-order valence-electron chi connectivity index (χ3n) is 6.23. The molecular formula is C27H38ClN7O9S. The number of carboxylic acid groups (broad SMARTS) is 2. The smallest absolute Gasteiger partial charge is 0.322 e. The molecule has 18 heteroatoms. The number of nitrogens with one attached hydrogen (secondary N) is 5. The van der Waals surface area contributed by atoms with Crippen LogP contribution in [0.4, 0.5) is 0 Å². The van der Waals surface area contributed by atoms with Gasteiger partial charge in [0, 0.05) is 24.1 Å². The zero-order valence-electron chi connectivity index (χ0n) is 25.1. The second-order valence-corrected chi connectivity index (χ2v) is 12.9. The molecule has 1 heterocycles. The van der Waals surface area contributed by atoms with Crippen molar-refractivity contribution in [1.29, 1.82) is 0 Å². The van der Waals surface area contributed by atoms with Crippen LogP contribution < -0.4 is 32.3 Å². The van der Waals surface area contributed by atoms with Gasteiger partial charge in [-0.1, -0.05) is 38.4 Å². The van der Waals surface area contributed by atoms with E-state index in [0.717, 1.165) is 11.8 Å². The van der Waals surface area contributed by atoms with Gasteiger partial charge in [0.2, 0.25) is 23.7 Å². The summed E-state index contributed by atoms with van der Waals surface area (Å²) in [5.74, 6) is -5.29. The van der Waals surface area contributed by atoms with Gasteiger partial charge in [-0.05, 0) is 31.0 Å². The number of carboxylic acids is 2. The maximum Gasteiger partial charge on any atom is 0.322 e. The van der Waals surface area contributed by atoms with Gasteiger partial charge in [-0.2, -0.15) is 0 Å². The van der Waals surface area contributed by atoms with Crippen molar-refractivity contribution in [2.45, 2.75) is 70.3 Å². The standard InChI is InChI=1S/C27H38ClN7O9S/c1-26(2,3)23(43)31-10-13-5-6-15(28)14(9-13)20(39)33-25-34-24(27(4,44)35-25)45-12-17(21(40)30-11-19(37)38)32-18(36)8-7-16(29)22(41)42/h5-6,9,16-17,24,44H,7-8,10-12,29H2,1-4H3,(H,30,40)(H,31,43)(H,32,36)(H,37,38)(H,41,42)(H2,33,34,35,39)/t16-,17-,24?,27?/m0/s1. The lowest BCUT2D eigenvalue weighted by molar-refractivity contribution is -0.139. The van der Waals surface area contributed by atoms with Crippen LogP contribution in [0, 0.1) is 5.41 Å². The summed E-state index contributed by atoms with van der Waals surface area (Å²) in [5.41, 5.74) is 3.78. The van der Waals surface area contributed by atoms with Gasteiger partial charge in [0.1, 0.15) is 24.0 Å². The van der Waals surface area contributed by atoms with Crippen molar-refractivity contribution < 1.29 is 44.1 Å². The van der Waals surface area contributed by atoms with Crippen LogP contribution >= 0.6 is 23.4 Å². The van der Waals surface area contributed by atoms with Gasteiger partial charge < -0.3 is 42.3 Å². The molecule has 0 saturated heterocycles. The number of benzene rings is 1. The van der Waals surface area contributed by atoms with Crippen LogP contribution in [-0.2, 0) is 30.5 Å². The number of hydrogen-bond donors (Lipinski definition) is 9. The van der Waals surface area contributed by atoms with Gasteiger partial charge in [-0.15, -0.1) is 11.8 Å². The number of aliphatic carboxylic acids is 2. The molecule has 0 fully saturated rings. The van der Waals surface area contributed by atoms with Crippen LogP contribution in [0.1, 0.15) is 56.5 Å². The summed E-state index contributed by atoms with van der Waals surface area (Å²) in [6, 6.07) is 2.10. The Hall–Kier alpha value is -3.93. The summed E-state index contributed by atoms with van der Waals surface area (Å²) in [6.45, 7) is 6.11. The first-order valence-electron chi connectivity index (χ1n) is 13.7. The number of hydrogen-bond acceptors (Lipinski definition) is 11. The van der Waals surface area contributed by atoms with E-state index in [9.17, 15) is 33.9 Å². The Labute approximate surface area is 268 Å². The average molecular weight is 672 g/mol. The molecule has 0 bridgehead atoms. The molecule has 16 nitrogen and oxygen atoms in total.